The number of para-hydroxylation sites is 1. The highest BCUT2D eigenvalue weighted by atomic mass is 16.5. The standard InChI is InChI=1S/C14H19N3O/c1-18-13-4-2-3-11-9-12-10-16(6-5-15)7-8-17(12)14(11)13/h2-4,9H,5-8,10,15H2,1H3. The molecule has 0 bridgehead atoms. The first-order chi connectivity index (χ1) is 8.83. The maximum absolute atomic E-state index is 5.63. The van der Waals surface area contributed by atoms with E-state index in [-0.39, 0.29) is 0 Å². The number of rotatable bonds is 3. The minimum atomic E-state index is 0.726. The zero-order valence-electron chi connectivity index (χ0n) is 10.7. The van der Waals surface area contributed by atoms with E-state index in [1.165, 1.54) is 16.6 Å². The van der Waals surface area contributed by atoms with E-state index < -0.39 is 0 Å². The van der Waals surface area contributed by atoms with Gasteiger partial charge >= 0.3 is 0 Å². The number of ether oxygens (including phenoxy) is 1. The van der Waals surface area contributed by atoms with Gasteiger partial charge in [0.1, 0.15) is 5.75 Å². The summed E-state index contributed by atoms with van der Waals surface area (Å²) in [6, 6.07) is 8.49. The third-order valence-corrected chi connectivity index (χ3v) is 3.66. The first kappa shape index (κ1) is 11.6. The largest absolute Gasteiger partial charge is 0.495 e. The van der Waals surface area contributed by atoms with E-state index in [4.69, 9.17) is 10.5 Å². The SMILES string of the molecule is COc1cccc2cc3n(c12)CCN(CCN)C3. The molecule has 0 fully saturated rings. The van der Waals surface area contributed by atoms with Crippen molar-refractivity contribution in [2.75, 3.05) is 26.7 Å². The van der Waals surface area contributed by atoms with Gasteiger partial charge in [-0.2, -0.15) is 0 Å². The van der Waals surface area contributed by atoms with Gasteiger partial charge in [0, 0.05) is 43.8 Å². The van der Waals surface area contributed by atoms with Crippen molar-refractivity contribution < 1.29 is 4.74 Å². The third-order valence-electron chi connectivity index (χ3n) is 3.66. The van der Waals surface area contributed by atoms with Crippen molar-refractivity contribution in [3.05, 3.63) is 30.0 Å². The molecule has 2 heterocycles. The summed E-state index contributed by atoms with van der Waals surface area (Å²) in [5.74, 6) is 0.964. The fraction of sp³-hybridized carbons (Fsp3) is 0.429. The molecular weight excluding hydrogens is 226 g/mol. The van der Waals surface area contributed by atoms with Crippen molar-refractivity contribution >= 4 is 10.9 Å². The highest BCUT2D eigenvalue weighted by molar-refractivity contribution is 5.87. The minimum absolute atomic E-state index is 0.726. The molecule has 2 aromatic rings. The Kier molecular flexibility index (Phi) is 2.97. The van der Waals surface area contributed by atoms with E-state index in [9.17, 15) is 0 Å². The van der Waals surface area contributed by atoms with Gasteiger partial charge in [-0.1, -0.05) is 12.1 Å². The summed E-state index contributed by atoms with van der Waals surface area (Å²) in [5.41, 5.74) is 8.21. The van der Waals surface area contributed by atoms with Crippen molar-refractivity contribution in [2.45, 2.75) is 13.1 Å². The second-order valence-corrected chi connectivity index (χ2v) is 4.75. The van der Waals surface area contributed by atoms with Gasteiger partial charge in [-0.3, -0.25) is 4.90 Å². The number of benzene rings is 1. The molecule has 1 aromatic carbocycles. The Morgan fingerprint density at radius 2 is 2.22 bits per heavy atom. The molecule has 0 radical (unpaired) electrons. The van der Waals surface area contributed by atoms with Crippen LogP contribution in [0.15, 0.2) is 24.3 Å². The molecule has 0 saturated heterocycles. The van der Waals surface area contributed by atoms with Gasteiger partial charge in [-0.15, -0.1) is 0 Å². The van der Waals surface area contributed by atoms with Gasteiger partial charge in [-0.25, -0.2) is 0 Å². The molecule has 1 aliphatic heterocycles. The van der Waals surface area contributed by atoms with E-state index in [2.05, 4.69) is 21.6 Å². The average Bonchev–Trinajstić information content (AvgIpc) is 2.76. The first-order valence-electron chi connectivity index (χ1n) is 6.41. The van der Waals surface area contributed by atoms with E-state index in [0.29, 0.717) is 0 Å². The number of nitrogens with two attached hydrogens (primary N) is 1. The zero-order chi connectivity index (χ0) is 12.5. The zero-order valence-corrected chi connectivity index (χ0v) is 10.7. The monoisotopic (exact) mass is 245 g/mol. The Labute approximate surface area is 107 Å². The van der Waals surface area contributed by atoms with Crippen LogP contribution in [0.1, 0.15) is 5.69 Å². The Balaban J connectivity index is 2.05. The van der Waals surface area contributed by atoms with Crippen LogP contribution in [-0.2, 0) is 13.1 Å². The van der Waals surface area contributed by atoms with Crippen LogP contribution in [0.2, 0.25) is 0 Å². The Bertz CT molecular complexity index is 561. The normalized spacial score (nSPS) is 15.9. The topological polar surface area (TPSA) is 43.4 Å². The molecule has 0 spiro atoms. The van der Waals surface area contributed by atoms with Crippen LogP contribution < -0.4 is 10.5 Å². The van der Waals surface area contributed by atoms with Crippen molar-refractivity contribution in [1.82, 2.24) is 9.47 Å². The second-order valence-electron chi connectivity index (χ2n) is 4.75. The number of methoxy groups -OCH3 is 1. The van der Waals surface area contributed by atoms with Crippen molar-refractivity contribution in [2.24, 2.45) is 5.73 Å². The average molecular weight is 245 g/mol. The van der Waals surface area contributed by atoms with E-state index >= 15 is 0 Å². The maximum atomic E-state index is 5.63. The molecule has 2 N–H and O–H groups in total. The predicted octanol–water partition coefficient (Wildman–Crippen LogP) is 1.42. The summed E-state index contributed by atoms with van der Waals surface area (Å²) >= 11 is 0. The van der Waals surface area contributed by atoms with E-state index in [0.717, 1.165) is 38.5 Å². The molecule has 1 aromatic heterocycles. The quantitative estimate of drug-likeness (QED) is 0.889. The lowest BCUT2D eigenvalue weighted by Crippen LogP contribution is -2.36. The number of aromatic nitrogens is 1. The van der Waals surface area contributed by atoms with Crippen LogP contribution >= 0.6 is 0 Å². The van der Waals surface area contributed by atoms with Crippen molar-refractivity contribution in [3.8, 4) is 5.75 Å². The molecule has 4 nitrogen and oxygen atoms in total. The van der Waals surface area contributed by atoms with Crippen LogP contribution in [0.3, 0.4) is 0 Å². The molecule has 0 atom stereocenters. The summed E-state index contributed by atoms with van der Waals surface area (Å²) < 4.78 is 7.85. The Morgan fingerprint density at radius 1 is 1.33 bits per heavy atom. The molecule has 3 rings (SSSR count). The summed E-state index contributed by atoms with van der Waals surface area (Å²) in [7, 11) is 1.73. The Hall–Kier alpha value is -1.52. The van der Waals surface area contributed by atoms with Crippen molar-refractivity contribution in [3.63, 3.8) is 0 Å². The van der Waals surface area contributed by atoms with Crippen molar-refractivity contribution in [1.29, 1.82) is 0 Å². The molecular formula is C14H19N3O. The summed E-state index contributed by atoms with van der Waals surface area (Å²) in [6.07, 6.45) is 0. The molecule has 0 unspecified atom stereocenters. The summed E-state index contributed by atoms with van der Waals surface area (Å²) in [6.45, 7) is 4.75. The van der Waals surface area contributed by atoms with Gasteiger partial charge in [-0.05, 0) is 12.1 Å². The van der Waals surface area contributed by atoms with Gasteiger partial charge in [0.2, 0.25) is 0 Å². The third kappa shape index (κ3) is 1.78. The van der Waals surface area contributed by atoms with Gasteiger partial charge in [0.05, 0.1) is 12.6 Å². The van der Waals surface area contributed by atoms with Gasteiger partial charge in [0.15, 0.2) is 0 Å². The second kappa shape index (κ2) is 4.63. The van der Waals surface area contributed by atoms with Crippen LogP contribution in [0, 0.1) is 0 Å². The number of hydrogen-bond donors (Lipinski definition) is 1. The van der Waals surface area contributed by atoms with Crippen LogP contribution in [0.25, 0.3) is 10.9 Å². The molecule has 1 aliphatic rings. The van der Waals surface area contributed by atoms with Crippen LogP contribution in [0.5, 0.6) is 5.75 Å². The van der Waals surface area contributed by atoms with Gasteiger partial charge in [0.25, 0.3) is 0 Å². The summed E-state index contributed by atoms with van der Waals surface area (Å²) in [4.78, 5) is 2.40. The number of hydrogen-bond acceptors (Lipinski definition) is 3. The smallest absolute Gasteiger partial charge is 0.143 e. The number of fused-ring (bicyclic) bond motifs is 3. The van der Waals surface area contributed by atoms with Crippen LogP contribution in [0.4, 0.5) is 0 Å². The fourth-order valence-corrected chi connectivity index (χ4v) is 2.82. The Morgan fingerprint density at radius 3 is 3.00 bits per heavy atom. The molecule has 0 amide bonds. The minimum Gasteiger partial charge on any atom is -0.495 e. The van der Waals surface area contributed by atoms with E-state index in [1.54, 1.807) is 7.11 Å². The van der Waals surface area contributed by atoms with E-state index in [1.807, 2.05) is 12.1 Å². The van der Waals surface area contributed by atoms with Crippen LogP contribution in [-0.4, -0.2) is 36.2 Å². The highest BCUT2D eigenvalue weighted by Gasteiger charge is 2.19. The fourth-order valence-electron chi connectivity index (χ4n) is 2.82. The molecule has 0 saturated carbocycles. The molecule has 4 heteroatoms. The number of nitrogens with zero attached hydrogens (tertiary/aromatic N) is 2. The van der Waals surface area contributed by atoms with Gasteiger partial charge < -0.3 is 15.0 Å². The lowest BCUT2D eigenvalue weighted by atomic mass is 10.2. The lowest BCUT2D eigenvalue weighted by molar-refractivity contribution is 0.229. The molecule has 18 heavy (non-hydrogen) atoms. The summed E-state index contributed by atoms with van der Waals surface area (Å²) in [5, 5.41) is 1.26. The first-order valence-corrected chi connectivity index (χ1v) is 6.41. The lowest BCUT2D eigenvalue weighted by Gasteiger charge is -2.28. The molecule has 96 valence electrons. The predicted molar refractivity (Wildman–Crippen MR) is 72.8 cm³/mol. The highest BCUT2D eigenvalue weighted by Crippen LogP contribution is 2.30. The maximum Gasteiger partial charge on any atom is 0.143 e. The molecule has 0 aliphatic carbocycles.